The van der Waals surface area contributed by atoms with Crippen LogP contribution in [0.15, 0.2) is 59.4 Å². The number of fused-ring (bicyclic) bond motifs is 2. The number of aromatic nitrogens is 4. The molecule has 3 aromatic carbocycles. The molecule has 2 aromatic heterocycles. The number of anilines is 1. The molecular formula is C40H49N7O5. The summed E-state index contributed by atoms with van der Waals surface area (Å²) in [5, 5.41) is 2.84. The summed E-state index contributed by atoms with van der Waals surface area (Å²) in [6.45, 7) is 12.2. The zero-order valence-electron chi connectivity index (χ0n) is 30.8. The minimum absolute atomic E-state index is 0.190. The van der Waals surface area contributed by atoms with Crippen LogP contribution in [0.1, 0.15) is 83.2 Å². The molecule has 274 valence electrons. The highest BCUT2D eigenvalue weighted by atomic mass is 16.6. The number of rotatable bonds is 9. The van der Waals surface area contributed by atoms with Crippen molar-refractivity contribution >= 4 is 45.7 Å². The fourth-order valence-electron chi connectivity index (χ4n) is 6.96. The van der Waals surface area contributed by atoms with Gasteiger partial charge in [0.2, 0.25) is 5.91 Å². The van der Waals surface area contributed by atoms with Gasteiger partial charge in [0.15, 0.2) is 0 Å². The zero-order chi connectivity index (χ0) is 37.3. The lowest BCUT2D eigenvalue weighted by Gasteiger charge is -2.32. The molecular weight excluding hydrogens is 658 g/mol. The fourth-order valence-corrected chi connectivity index (χ4v) is 6.96. The quantitative estimate of drug-likeness (QED) is 0.115. The van der Waals surface area contributed by atoms with Gasteiger partial charge in [0.25, 0.3) is 5.91 Å². The molecule has 1 atom stereocenters. The van der Waals surface area contributed by atoms with E-state index in [1.165, 1.54) is 4.90 Å². The standard InChI is InChI=1S/C40H49N7O5/c1-22(2)35-43-32-17-23(3)29(20-34(32)44-35)26-11-7-24(8-12-26)18-30(41)37(49)47(28-15-16-31-33(19-28)46-38(50)45-31)36(48)27-13-9-25(10-14-27)21-42-39(51)52-40(4,5)6/h7-8,11-12,15-17,19-20,22,25,27,30H,9-10,13-14,18,21,41H2,1-6H3,(H,42,51)(H,43,44)(H2,45,46,50)/t25-,27-,30-/m1/s1. The Morgan fingerprint density at radius 3 is 2.31 bits per heavy atom. The van der Waals surface area contributed by atoms with Crippen molar-refractivity contribution < 1.29 is 19.1 Å². The van der Waals surface area contributed by atoms with E-state index in [2.05, 4.69) is 53.2 Å². The number of H-pyrrole nitrogens is 3. The highest BCUT2D eigenvalue weighted by Gasteiger charge is 2.35. The van der Waals surface area contributed by atoms with Crippen molar-refractivity contribution in [2.45, 2.75) is 91.2 Å². The Balaban J connectivity index is 1.17. The van der Waals surface area contributed by atoms with Crippen LogP contribution < -0.4 is 21.6 Å². The lowest BCUT2D eigenvalue weighted by Crippen LogP contribution is -2.50. The van der Waals surface area contributed by atoms with E-state index in [-0.39, 0.29) is 23.9 Å². The first-order chi connectivity index (χ1) is 24.6. The Labute approximate surface area is 302 Å². The number of aromatic amines is 3. The molecule has 0 aliphatic heterocycles. The first-order valence-electron chi connectivity index (χ1n) is 18.1. The van der Waals surface area contributed by atoms with Gasteiger partial charge in [0.05, 0.1) is 33.8 Å². The minimum Gasteiger partial charge on any atom is -0.444 e. The van der Waals surface area contributed by atoms with E-state index in [9.17, 15) is 19.2 Å². The molecule has 0 bridgehead atoms. The summed E-state index contributed by atoms with van der Waals surface area (Å²) in [6, 6.07) is 16.1. The van der Waals surface area contributed by atoms with Gasteiger partial charge in [0.1, 0.15) is 11.4 Å². The van der Waals surface area contributed by atoms with Crippen LogP contribution in [-0.2, 0) is 20.7 Å². The van der Waals surface area contributed by atoms with E-state index in [4.69, 9.17) is 15.5 Å². The molecule has 2 heterocycles. The molecule has 6 N–H and O–H groups in total. The molecule has 12 heteroatoms. The third-order valence-electron chi connectivity index (χ3n) is 9.76. The number of imide groups is 1. The predicted octanol–water partition coefficient (Wildman–Crippen LogP) is 6.59. The average Bonchev–Trinajstić information content (AvgIpc) is 3.69. The van der Waals surface area contributed by atoms with Gasteiger partial charge in [-0.1, -0.05) is 38.1 Å². The largest absolute Gasteiger partial charge is 0.444 e. The molecule has 0 unspecified atom stereocenters. The van der Waals surface area contributed by atoms with Crippen molar-refractivity contribution in [3.8, 4) is 11.1 Å². The van der Waals surface area contributed by atoms with Crippen molar-refractivity contribution in [1.82, 2.24) is 25.3 Å². The molecule has 1 saturated carbocycles. The van der Waals surface area contributed by atoms with Gasteiger partial charge in [-0.25, -0.2) is 19.5 Å². The van der Waals surface area contributed by atoms with Crippen molar-refractivity contribution in [3.05, 3.63) is 82.0 Å². The van der Waals surface area contributed by atoms with Crippen molar-refractivity contribution in [3.63, 3.8) is 0 Å². The Bertz CT molecular complexity index is 2150. The SMILES string of the molecule is Cc1cc2[nH]c(C(C)C)nc2cc1-c1ccc(C[C@@H](N)C(=O)N(c2ccc3[nH]c(=O)[nH]c3c2)C(=O)[C@H]2CC[C@H](CNC(=O)OC(C)(C)C)CC2)cc1. The van der Waals surface area contributed by atoms with Gasteiger partial charge in [-0.15, -0.1) is 0 Å². The monoisotopic (exact) mass is 707 g/mol. The number of ether oxygens (including phenoxy) is 1. The molecule has 6 rings (SSSR count). The maximum atomic E-state index is 14.2. The van der Waals surface area contributed by atoms with Gasteiger partial charge < -0.3 is 30.7 Å². The summed E-state index contributed by atoms with van der Waals surface area (Å²) >= 11 is 0. The number of hydrogen-bond acceptors (Lipinski definition) is 7. The lowest BCUT2D eigenvalue weighted by atomic mass is 9.81. The number of alkyl carbamates (subject to hydrolysis) is 1. The first kappa shape index (κ1) is 36.6. The normalized spacial score (nSPS) is 17.0. The number of imidazole rings is 2. The molecule has 5 aromatic rings. The van der Waals surface area contributed by atoms with Crippen LogP contribution in [0.4, 0.5) is 10.5 Å². The molecule has 0 spiro atoms. The first-order valence-corrected chi connectivity index (χ1v) is 18.1. The number of nitrogens with one attached hydrogen (secondary N) is 4. The van der Waals surface area contributed by atoms with E-state index in [0.717, 1.165) is 39.1 Å². The number of carbonyl (C=O) groups is 3. The Morgan fingerprint density at radius 2 is 1.63 bits per heavy atom. The van der Waals surface area contributed by atoms with Crippen molar-refractivity contribution in [2.75, 3.05) is 11.4 Å². The van der Waals surface area contributed by atoms with Crippen LogP contribution in [0.3, 0.4) is 0 Å². The fraction of sp³-hybridized carbons (Fsp3) is 0.425. The number of carbonyl (C=O) groups excluding carboxylic acids is 3. The Morgan fingerprint density at radius 1 is 0.942 bits per heavy atom. The molecule has 12 nitrogen and oxygen atoms in total. The van der Waals surface area contributed by atoms with E-state index in [1.54, 1.807) is 18.2 Å². The van der Waals surface area contributed by atoms with Gasteiger partial charge in [-0.2, -0.15) is 0 Å². The number of aryl methyl sites for hydroxylation is 1. The summed E-state index contributed by atoms with van der Waals surface area (Å²) < 4.78 is 5.36. The van der Waals surface area contributed by atoms with Crippen LogP contribution >= 0.6 is 0 Å². The highest BCUT2D eigenvalue weighted by Crippen LogP contribution is 2.33. The maximum Gasteiger partial charge on any atom is 0.407 e. The number of amides is 3. The predicted molar refractivity (Wildman–Crippen MR) is 203 cm³/mol. The third-order valence-corrected chi connectivity index (χ3v) is 9.76. The topological polar surface area (TPSA) is 179 Å². The maximum absolute atomic E-state index is 14.2. The van der Waals surface area contributed by atoms with Gasteiger partial charge in [0, 0.05) is 18.4 Å². The molecule has 0 saturated heterocycles. The van der Waals surface area contributed by atoms with Crippen molar-refractivity contribution in [2.24, 2.45) is 17.6 Å². The van der Waals surface area contributed by atoms with E-state index in [0.29, 0.717) is 54.9 Å². The summed E-state index contributed by atoms with van der Waals surface area (Å²) in [7, 11) is 0. The number of hydrogen-bond donors (Lipinski definition) is 5. The molecule has 3 amide bonds. The second-order valence-corrected chi connectivity index (χ2v) is 15.4. The second-order valence-electron chi connectivity index (χ2n) is 15.4. The third kappa shape index (κ3) is 8.28. The lowest BCUT2D eigenvalue weighted by molar-refractivity contribution is -0.130. The summed E-state index contributed by atoms with van der Waals surface area (Å²) in [5.41, 5.74) is 13.0. The van der Waals surface area contributed by atoms with E-state index < -0.39 is 29.6 Å². The van der Waals surface area contributed by atoms with Gasteiger partial charge in [-0.05, 0) is 118 Å². The number of nitrogens with two attached hydrogens (primary N) is 1. The van der Waals surface area contributed by atoms with Crippen LogP contribution in [0, 0.1) is 18.8 Å². The van der Waals surface area contributed by atoms with Gasteiger partial charge in [-0.3, -0.25) is 9.59 Å². The highest BCUT2D eigenvalue weighted by molar-refractivity contribution is 6.17. The second kappa shape index (κ2) is 14.8. The summed E-state index contributed by atoms with van der Waals surface area (Å²) in [5.74, 6) is 0.200. The van der Waals surface area contributed by atoms with Crippen molar-refractivity contribution in [1.29, 1.82) is 0 Å². The van der Waals surface area contributed by atoms with Gasteiger partial charge >= 0.3 is 11.8 Å². The number of nitrogens with zero attached hydrogens (tertiary/aromatic N) is 2. The van der Waals surface area contributed by atoms with Crippen LogP contribution in [-0.4, -0.2) is 56.0 Å². The molecule has 1 aliphatic carbocycles. The summed E-state index contributed by atoms with van der Waals surface area (Å²) in [6.07, 6.45) is 2.31. The number of benzene rings is 3. The smallest absolute Gasteiger partial charge is 0.407 e. The van der Waals surface area contributed by atoms with E-state index >= 15 is 0 Å². The Hall–Kier alpha value is -5.23. The molecule has 1 aliphatic rings. The minimum atomic E-state index is -0.998. The van der Waals surface area contributed by atoms with E-state index in [1.807, 2.05) is 45.0 Å². The zero-order valence-corrected chi connectivity index (χ0v) is 30.8. The summed E-state index contributed by atoms with van der Waals surface area (Å²) in [4.78, 5) is 67.3. The molecule has 52 heavy (non-hydrogen) atoms. The average molecular weight is 708 g/mol. The molecule has 1 fully saturated rings. The Kier molecular flexibility index (Phi) is 10.4. The van der Waals surface area contributed by atoms with Crippen LogP contribution in [0.5, 0.6) is 0 Å². The van der Waals surface area contributed by atoms with Crippen LogP contribution in [0.2, 0.25) is 0 Å². The molecule has 0 radical (unpaired) electrons. The van der Waals surface area contributed by atoms with Crippen LogP contribution in [0.25, 0.3) is 33.2 Å².